The fourth-order valence-corrected chi connectivity index (χ4v) is 2.51. The average molecular weight is 338 g/mol. The molecule has 1 aliphatic rings. The fraction of sp³-hybridized carbons (Fsp3) is 0.700. The SMILES string of the molecule is C=CC(=O)OC1CCCCC1.C=CC(=O)OCCCCCCCC. The molecule has 1 saturated carbocycles. The molecule has 24 heavy (non-hydrogen) atoms. The standard InChI is InChI=1S/C11H20O2.C9H14O2/c1-3-5-6-7-8-9-10-13-11(12)4-2;1-2-9(10)11-8-6-4-3-5-7-8/h4H,2-3,5-10H2,1H3;2,8H,1,3-7H2. The number of rotatable bonds is 10. The number of unbranched alkanes of at least 4 members (excludes halogenated alkanes) is 5. The van der Waals surface area contributed by atoms with Crippen LogP contribution in [-0.2, 0) is 19.1 Å². The van der Waals surface area contributed by atoms with Crippen molar-refractivity contribution in [2.45, 2.75) is 83.7 Å². The van der Waals surface area contributed by atoms with Crippen LogP contribution in [-0.4, -0.2) is 24.6 Å². The predicted octanol–water partition coefficient (Wildman–Crippen LogP) is 5.12. The van der Waals surface area contributed by atoms with Gasteiger partial charge in [0.15, 0.2) is 0 Å². The summed E-state index contributed by atoms with van der Waals surface area (Å²) in [5.41, 5.74) is 0. The lowest BCUT2D eigenvalue weighted by Gasteiger charge is -2.20. The minimum atomic E-state index is -0.312. The first-order valence-electron chi connectivity index (χ1n) is 9.26. The molecule has 0 heterocycles. The Balaban J connectivity index is 0.000000446. The molecule has 0 atom stereocenters. The van der Waals surface area contributed by atoms with Crippen LogP contribution in [0, 0.1) is 0 Å². The van der Waals surface area contributed by atoms with E-state index in [9.17, 15) is 9.59 Å². The minimum Gasteiger partial charge on any atom is -0.463 e. The summed E-state index contributed by atoms with van der Waals surface area (Å²) in [6.07, 6.45) is 15.6. The molecule has 138 valence electrons. The number of esters is 2. The largest absolute Gasteiger partial charge is 0.463 e. The third kappa shape index (κ3) is 14.0. The lowest BCUT2D eigenvalue weighted by Crippen LogP contribution is -2.19. The Labute approximate surface area is 147 Å². The van der Waals surface area contributed by atoms with Crippen molar-refractivity contribution in [3.63, 3.8) is 0 Å². The zero-order valence-electron chi connectivity index (χ0n) is 15.3. The topological polar surface area (TPSA) is 52.6 Å². The third-order valence-corrected chi connectivity index (χ3v) is 3.91. The van der Waals surface area contributed by atoms with Crippen LogP contribution in [0.15, 0.2) is 25.3 Å². The first-order chi connectivity index (χ1) is 11.6. The summed E-state index contributed by atoms with van der Waals surface area (Å²) in [4.78, 5) is 21.3. The summed E-state index contributed by atoms with van der Waals surface area (Å²) in [7, 11) is 0. The van der Waals surface area contributed by atoms with Crippen LogP contribution in [0.3, 0.4) is 0 Å². The van der Waals surface area contributed by atoms with Crippen LogP contribution in [0.25, 0.3) is 0 Å². The van der Waals surface area contributed by atoms with Gasteiger partial charge in [-0.05, 0) is 32.1 Å². The van der Waals surface area contributed by atoms with Crippen molar-refractivity contribution in [3.05, 3.63) is 25.3 Å². The van der Waals surface area contributed by atoms with Crippen molar-refractivity contribution >= 4 is 11.9 Å². The van der Waals surface area contributed by atoms with Gasteiger partial charge in [-0.15, -0.1) is 0 Å². The first-order valence-corrected chi connectivity index (χ1v) is 9.26. The second kappa shape index (κ2) is 16.3. The van der Waals surface area contributed by atoms with Crippen LogP contribution >= 0.6 is 0 Å². The van der Waals surface area contributed by atoms with Gasteiger partial charge in [0, 0.05) is 12.2 Å². The van der Waals surface area contributed by atoms with Gasteiger partial charge in [-0.25, -0.2) is 9.59 Å². The summed E-state index contributed by atoms with van der Waals surface area (Å²) in [5, 5.41) is 0. The monoisotopic (exact) mass is 338 g/mol. The van der Waals surface area contributed by atoms with Gasteiger partial charge >= 0.3 is 11.9 Å². The highest BCUT2D eigenvalue weighted by atomic mass is 16.5. The highest BCUT2D eigenvalue weighted by Crippen LogP contribution is 2.20. The van der Waals surface area contributed by atoms with E-state index >= 15 is 0 Å². The maximum Gasteiger partial charge on any atom is 0.330 e. The molecule has 0 spiro atoms. The van der Waals surface area contributed by atoms with E-state index in [1.165, 1.54) is 57.1 Å². The van der Waals surface area contributed by atoms with Crippen LogP contribution in [0.1, 0.15) is 77.6 Å². The van der Waals surface area contributed by atoms with Gasteiger partial charge in [0.2, 0.25) is 0 Å². The summed E-state index contributed by atoms with van der Waals surface area (Å²) in [6.45, 7) is 9.42. The Morgan fingerprint density at radius 3 is 2.08 bits per heavy atom. The molecule has 0 N–H and O–H groups in total. The van der Waals surface area contributed by atoms with E-state index < -0.39 is 0 Å². The van der Waals surface area contributed by atoms with Crippen molar-refractivity contribution in [1.82, 2.24) is 0 Å². The van der Waals surface area contributed by atoms with E-state index in [0.29, 0.717) is 6.61 Å². The number of hydrogen-bond acceptors (Lipinski definition) is 4. The number of carbonyl (C=O) groups excluding carboxylic acids is 2. The first kappa shape index (κ1) is 22.4. The van der Waals surface area contributed by atoms with E-state index in [4.69, 9.17) is 9.47 Å². The van der Waals surface area contributed by atoms with E-state index in [2.05, 4.69) is 20.1 Å². The van der Waals surface area contributed by atoms with Gasteiger partial charge in [-0.3, -0.25) is 0 Å². The molecule has 0 bridgehead atoms. The van der Waals surface area contributed by atoms with E-state index in [0.717, 1.165) is 25.7 Å². The summed E-state index contributed by atoms with van der Waals surface area (Å²) >= 11 is 0. The molecular weight excluding hydrogens is 304 g/mol. The molecule has 0 saturated heterocycles. The second-order valence-electron chi connectivity index (χ2n) is 6.04. The Hall–Kier alpha value is -1.58. The number of hydrogen-bond donors (Lipinski definition) is 0. The molecule has 0 aromatic rings. The van der Waals surface area contributed by atoms with Gasteiger partial charge in [-0.2, -0.15) is 0 Å². The van der Waals surface area contributed by atoms with Gasteiger partial charge in [-0.1, -0.05) is 58.6 Å². The molecule has 1 aliphatic carbocycles. The van der Waals surface area contributed by atoms with E-state index in [-0.39, 0.29) is 18.0 Å². The Kier molecular flexibility index (Phi) is 15.2. The predicted molar refractivity (Wildman–Crippen MR) is 97.7 cm³/mol. The zero-order chi connectivity index (χ0) is 18.0. The second-order valence-corrected chi connectivity index (χ2v) is 6.04. The molecule has 0 unspecified atom stereocenters. The Bertz CT molecular complexity index is 357. The molecule has 4 nitrogen and oxygen atoms in total. The van der Waals surface area contributed by atoms with Crippen LogP contribution in [0.5, 0.6) is 0 Å². The van der Waals surface area contributed by atoms with Gasteiger partial charge in [0.25, 0.3) is 0 Å². The van der Waals surface area contributed by atoms with Crippen molar-refractivity contribution in [3.8, 4) is 0 Å². The summed E-state index contributed by atoms with van der Waals surface area (Å²) in [6, 6.07) is 0. The number of carbonyl (C=O) groups is 2. The average Bonchev–Trinajstić information content (AvgIpc) is 2.62. The van der Waals surface area contributed by atoms with Gasteiger partial charge < -0.3 is 9.47 Å². The highest BCUT2D eigenvalue weighted by molar-refractivity contribution is 5.81. The van der Waals surface area contributed by atoms with Gasteiger partial charge in [0.05, 0.1) is 6.61 Å². The number of ether oxygens (including phenoxy) is 2. The Morgan fingerprint density at radius 2 is 1.50 bits per heavy atom. The highest BCUT2D eigenvalue weighted by Gasteiger charge is 2.15. The maximum atomic E-state index is 10.7. The fourth-order valence-electron chi connectivity index (χ4n) is 2.51. The van der Waals surface area contributed by atoms with Crippen LogP contribution in [0.2, 0.25) is 0 Å². The molecule has 1 fully saturated rings. The summed E-state index contributed by atoms with van der Waals surface area (Å²) in [5.74, 6) is -0.592. The lowest BCUT2D eigenvalue weighted by molar-refractivity contribution is -0.144. The quantitative estimate of drug-likeness (QED) is 0.315. The van der Waals surface area contributed by atoms with Crippen molar-refractivity contribution < 1.29 is 19.1 Å². The zero-order valence-corrected chi connectivity index (χ0v) is 15.3. The molecule has 0 aromatic heterocycles. The van der Waals surface area contributed by atoms with Crippen LogP contribution in [0.4, 0.5) is 0 Å². The normalized spacial score (nSPS) is 14.0. The van der Waals surface area contributed by atoms with Crippen LogP contribution < -0.4 is 0 Å². The molecule has 0 radical (unpaired) electrons. The third-order valence-electron chi connectivity index (χ3n) is 3.91. The minimum absolute atomic E-state index is 0.161. The molecule has 0 aromatic carbocycles. The Morgan fingerprint density at radius 1 is 0.917 bits per heavy atom. The smallest absolute Gasteiger partial charge is 0.330 e. The van der Waals surface area contributed by atoms with Crippen molar-refractivity contribution in [2.24, 2.45) is 0 Å². The molecule has 0 amide bonds. The summed E-state index contributed by atoms with van der Waals surface area (Å²) < 4.78 is 9.92. The maximum absolute atomic E-state index is 10.7. The van der Waals surface area contributed by atoms with Crippen molar-refractivity contribution in [2.75, 3.05) is 6.61 Å². The molecule has 0 aliphatic heterocycles. The molecular formula is C20H34O4. The van der Waals surface area contributed by atoms with Gasteiger partial charge in [0.1, 0.15) is 6.10 Å². The van der Waals surface area contributed by atoms with Crippen molar-refractivity contribution in [1.29, 1.82) is 0 Å². The molecule has 1 rings (SSSR count). The van der Waals surface area contributed by atoms with E-state index in [1.54, 1.807) is 0 Å². The van der Waals surface area contributed by atoms with E-state index in [1.807, 2.05) is 0 Å². The molecule has 4 heteroatoms. The lowest BCUT2D eigenvalue weighted by atomic mass is 9.98.